The molecule has 0 unspecified atom stereocenters. The van der Waals surface area contributed by atoms with Gasteiger partial charge in [0, 0.05) is 12.2 Å². The molecule has 0 fully saturated rings. The first-order valence-electron chi connectivity index (χ1n) is 7.54. The van der Waals surface area contributed by atoms with E-state index >= 15 is 0 Å². The lowest BCUT2D eigenvalue weighted by molar-refractivity contribution is 0.628. The van der Waals surface area contributed by atoms with Gasteiger partial charge in [-0.25, -0.2) is 14.4 Å². The Morgan fingerprint density at radius 1 is 0.958 bits per heavy atom. The molecule has 3 rings (SSSR count). The van der Waals surface area contributed by atoms with Crippen molar-refractivity contribution in [3.8, 4) is 0 Å². The average molecular weight is 323 g/mol. The zero-order valence-corrected chi connectivity index (χ0v) is 13.3. The normalized spacial score (nSPS) is 10.4. The molecule has 5 nitrogen and oxygen atoms in total. The molecule has 0 spiro atoms. The summed E-state index contributed by atoms with van der Waals surface area (Å²) in [7, 11) is 0. The lowest BCUT2D eigenvalue weighted by Gasteiger charge is -2.12. The molecule has 0 aliphatic heterocycles. The summed E-state index contributed by atoms with van der Waals surface area (Å²) in [5.74, 6) is 0.731. The molecule has 122 valence electrons. The van der Waals surface area contributed by atoms with Gasteiger partial charge < -0.3 is 16.4 Å². The SMILES string of the molecule is Cc1ccc(CNc2ncnc(Nc3ccc(F)cc3)c2N)cc1. The number of nitrogens with two attached hydrogens (primary N) is 1. The van der Waals surface area contributed by atoms with E-state index in [9.17, 15) is 4.39 Å². The molecule has 2 aromatic carbocycles. The second kappa shape index (κ2) is 6.95. The topological polar surface area (TPSA) is 75.9 Å². The summed E-state index contributed by atoms with van der Waals surface area (Å²) in [5, 5.41) is 6.27. The highest BCUT2D eigenvalue weighted by atomic mass is 19.1. The van der Waals surface area contributed by atoms with E-state index in [0.29, 0.717) is 29.6 Å². The minimum atomic E-state index is -0.295. The maximum absolute atomic E-state index is 13.0. The van der Waals surface area contributed by atoms with Gasteiger partial charge in [0.25, 0.3) is 0 Å². The summed E-state index contributed by atoms with van der Waals surface area (Å²) < 4.78 is 13.0. The van der Waals surface area contributed by atoms with Gasteiger partial charge >= 0.3 is 0 Å². The number of aromatic nitrogens is 2. The fourth-order valence-electron chi connectivity index (χ4n) is 2.20. The fourth-order valence-corrected chi connectivity index (χ4v) is 2.20. The lowest BCUT2D eigenvalue weighted by Crippen LogP contribution is -2.08. The van der Waals surface area contributed by atoms with E-state index in [0.717, 1.165) is 5.56 Å². The second-order valence-electron chi connectivity index (χ2n) is 5.46. The summed E-state index contributed by atoms with van der Waals surface area (Å²) in [6, 6.07) is 14.2. The van der Waals surface area contributed by atoms with Crippen LogP contribution in [0.2, 0.25) is 0 Å². The van der Waals surface area contributed by atoms with Gasteiger partial charge in [-0.1, -0.05) is 29.8 Å². The highest BCUT2D eigenvalue weighted by Gasteiger charge is 2.08. The van der Waals surface area contributed by atoms with Crippen molar-refractivity contribution in [1.29, 1.82) is 0 Å². The van der Waals surface area contributed by atoms with Crippen LogP contribution in [0.15, 0.2) is 54.9 Å². The molecule has 0 saturated carbocycles. The monoisotopic (exact) mass is 323 g/mol. The number of anilines is 4. The maximum atomic E-state index is 13.0. The van der Waals surface area contributed by atoms with Crippen molar-refractivity contribution in [2.45, 2.75) is 13.5 Å². The molecule has 0 aliphatic carbocycles. The van der Waals surface area contributed by atoms with Crippen molar-refractivity contribution in [3.63, 3.8) is 0 Å². The van der Waals surface area contributed by atoms with Crippen molar-refractivity contribution in [2.24, 2.45) is 0 Å². The zero-order valence-electron chi connectivity index (χ0n) is 13.3. The molecule has 24 heavy (non-hydrogen) atoms. The molecule has 1 aromatic heterocycles. The number of nitrogens with zero attached hydrogens (tertiary/aromatic N) is 2. The highest BCUT2D eigenvalue weighted by Crippen LogP contribution is 2.26. The predicted octanol–water partition coefficient (Wildman–Crippen LogP) is 3.86. The van der Waals surface area contributed by atoms with Gasteiger partial charge in [0.05, 0.1) is 0 Å². The summed E-state index contributed by atoms with van der Waals surface area (Å²) in [6.07, 6.45) is 1.43. The Labute approximate surface area is 139 Å². The van der Waals surface area contributed by atoms with Crippen LogP contribution < -0.4 is 16.4 Å². The Morgan fingerprint density at radius 3 is 2.33 bits per heavy atom. The number of halogens is 1. The first kappa shape index (κ1) is 15.7. The predicted molar refractivity (Wildman–Crippen MR) is 94.6 cm³/mol. The second-order valence-corrected chi connectivity index (χ2v) is 5.46. The Morgan fingerprint density at radius 2 is 1.62 bits per heavy atom. The third-order valence-electron chi connectivity index (χ3n) is 3.57. The number of benzene rings is 2. The van der Waals surface area contributed by atoms with Gasteiger partial charge in [-0.15, -0.1) is 0 Å². The quantitative estimate of drug-likeness (QED) is 0.664. The standard InChI is InChI=1S/C18H18FN5/c1-12-2-4-13(5-3-12)10-21-17-16(20)18(23-11-22-17)24-15-8-6-14(19)7-9-15/h2-9,11H,10,20H2,1H3,(H2,21,22,23,24). The summed E-state index contributed by atoms with van der Waals surface area (Å²) in [4.78, 5) is 8.32. The molecular weight excluding hydrogens is 305 g/mol. The number of nitrogens with one attached hydrogen (secondary N) is 2. The van der Waals surface area contributed by atoms with Crippen LogP contribution >= 0.6 is 0 Å². The molecule has 3 aromatic rings. The van der Waals surface area contributed by atoms with E-state index < -0.39 is 0 Å². The third-order valence-corrected chi connectivity index (χ3v) is 3.57. The number of aryl methyl sites for hydroxylation is 1. The number of hydrogen-bond acceptors (Lipinski definition) is 5. The van der Waals surface area contributed by atoms with E-state index in [1.165, 1.54) is 24.0 Å². The minimum Gasteiger partial charge on any atom is -0.393 e. The van der Waals surface area contributed by atoms with E-state index in [-0.39, 0.29) is 5.82 Å². The molecule has 4 N–H and O–H groups in total. The van der Waals surface area contributed by atoms with E-state index in [1.807, 2.05) is 6.92 Å². The average Bonchev–Trinajstić information content (AvgIpc) is 2.59. The number of hydrogen-bond donors (Lipinski definition) is 3. The minimum absolute atomic E-state index is 0.295. The van der Waals surface area contributed by atoms with Crippen LogP contribution in [-0.4, -0.2) is 9.97 Å². The Balaban J connectivity index is 1.72. The van der Waals surface area contributed by atoms with E-state index in [4.69, 9.17) is 5.73 Å². The van der Waals surface area contributed by atoms with Crippen LogP contribution in [0.25, 0.3) is 0 Å². The van der Waals surface area contributed by atoms with Gasteiger partial charge in [-0.2, -0.15) is 0 Å². The number of rotatable bonds is 5. The van der Waals surface area contributed by atoms with E-state index in [2.05, 4.69) is 44.9 Å². The molecule has 6 heteroatoms. The van der Waals surface area contributed by atoms with Gasteiger partial charge in [0.2, 0.25) is 0 Å². The smallest absolute Gasteiger partial charge is 0.159 e. The molecule has 0 saturated heterocycles. The van der Waals surface area contributed by atoms with Crippen LogP contribution in [0.3, 0.4) is 0 Å². The summed E-state index contributed by atoms with van der Waals surface area (Å²) in [5.41, 5.74) is 9.58. The maximum Gasteiger partial charge on any atom is 0.159 e. The number of nitrogen functional groups attached to an aromatic ring is 1. The van der Waals surface area contributed by atoms with Crippen LogP contribution in [0.4, 0.5) is 27.4 Å². The van der Waals surface area contributed by atoms with Gasteiger partial charge in [0.1, 0.15) is 17.8 Å². The first-order valence-corrected chi connectivity index (χ1v) is 7.54. The van der Waals surface area contributed by atoms with Crippen molar-refractivity contribution in [2.75, 3.05) is 16.4 Å². The van der Waals surface area contributed by atoms with Gasteiger partial charge in [-0.05, 0) is 36.8 Å². The van der Waals surface area contributed by atoms with Gasteiger partial charge in [-0.3, -0.25) is 0 Å². The van der Waals surface area contributed by atoms with Crippen LogP contribution in [0, 0.1) is 12.7 Å². The lowest BCUT2D eigenvalue weighted by atomic mass is 10.1. The molecule has 0 aliphatic rings. The van der Waals surface area contributed by atoms with Crippen LogP contribution in [-0.2, 0) is 6.54 Å². The van der Waals surface area contributed by atoms with E-state index in [1.54, 1.807) is 12.1 Å². The van der Waals surface area contributed by atoms with Gasteiger partial charge in [0.15, 0.2) is 11.6 Å². The largest absolute Gasteiger partial charge is 0.393 e. The van der Waals surface area contributed by atoms with Crippen molar-refractivity contribution in [3.05, 3.63) is 71.8 Å². The molecule has 1 heterocycles. The zero-order chi connectivity index (χ0) is 16.9. The fraction of sp³-hybridized carbons (Fsp3) is 0.111. The molecular formula is C18H18FN5. The molecule has 0 atom stereocenters. The van der Waals surface area contributed by atoms with Crippen molar-refractivity contribution < 1.29 is 4.39 Å². The molecule has 0 bridgehead atoms. The highest BCUT2D eigenvalue weighted by molar-refractivity contribution is 5.77. The summed E-state index contributed by atoms with van der Waals surface area (Å²) in [6.45, 7) is 2.66. The Hall–Kier alpha value is -3.15. The molecule has 0 amide bonds. The van der Waals surface area contributed by atoms with Crippen molar-refractivity contribution in [1.82, 2.24) is 9.97 Å². The Kier molecular flexibility index (Phi) is 4.56. The van der Waals surface area contributed by atoms with Crippen LogP contribution in [0.1, 0.15) is 11.1 Å². The van der Waals surface area contributed by atoms with Crippen LogP contribution in [0.5, 0.6) is 0 Å². The Bertz CT molecular complexity index is 816. The third kappa shape index (κ3) is 3.78. The molecule has 0 radical (unpaired) electrons. The first-order chi connectivity index (χ1) is 11.6. The summed E-state index contributed by atoms with van der Waals surface area (Å²) >= 11 is 0. The van der Waals surface area contributed by atoms with Crippen molar-refractivity contribution >= 4 is 23.0 Å².